The van der Waals surface area contributed by atoms with Crippen molar-refractivity contribution in [3.05, 3.63) is 39.9 Å². The molecule has 1 aliphatic rings. The van der Waals surface area contributed by atoms with Gasteiger partial charge in [-0.2, -0.15) is 0 Å². The number of nitro benzene ring substituents is 1. The second kappa shape index (κ2) is 5.08. The Labute approximate surface area is 99.8 Å². The number of hydrogen-bond acceptors (Lipinski definition) is 3. The minimum absolute atomic E-state index is 0.101. The molecule has 1 aromatic rings. The zero-order chi connectivity index (χ0) is 12.3. The van der Waals surface area contributed by atoms with Gasteiger partial charge in [0.2, 0.25) is 0 Å². The van der Waals surface area contributed by atoms with Gasteiger partial charge in [-0.05, 0) is 24.8 Å². The molecule has 4 heteroatoms. The number of ketones is 1. The van der Waals surface area contributed by atoms with Gasteiger partial charge in [-0.3, -0.25) is 14.9 Å². The van der Waals surface area contributed by atoms with Crippen LogP contribution in [-0.4, -0.2) is 10.7 Å². The maximum Gasteiger partial charge on any atom is 0.269 e. The molecule has 1 saturated carbocycles. The highest BCUT2D eigenvalue weighted by Crippen LogP contribution is 2.24. The van der Waals surface area contributed by atoms with Crippen LogP contribution in [0.2, 0.25) is 0 Å². The van der Waals surface area contributed by atoms with E-state index in [1.165, 1.54) is 12.1 Å². The normalized spacial score (nSPS) is 20.2. The summed E-state index contributed by atoms with van der Waals surface area (Å²) in [5.74, 6) is 0.458. The van der Waals surface area contributed by atoms with E-state index in [2.05, 4.69) is 0 Å². The molecule has 0 heterocycles. The van der Waals surface area contributed by atoms with Crippen molar-refractivity contribution < 1.29 is 9.72 Å². The molecule has 1 fully saturated rings. The second-order valence-electron chi connectivity index (χ2n) is 4.54. The first-order valence-electron chi connectivity index (χ1n) is 5.93. The van der Waals surface area contributed by atoms with Crippen molar-refractivity contribution >= 4 is 11.5 Å². The van der Waals surface area contributed by atoms with Crippen LogP contribution in [0.3, 0.4) is 0 Å². The maximum atomic E-state index is 11.7. The summed E-state index contributed by atoms with van der Waals surface area (Å²) in [6.45, 7) is 0. The number of non-ortho nitro benzene ring substituents is 1. The smallest absolute Gasteiger partial charge is 0.269 e. The summed E-state index contributed by atoms with van der Waals surface area (Å²) >= 11 is 0. The van der Waals surface area contributed by atoms with E-state index < -0.39 is 4.92 Å². The average Bonchev–Trinajstić information content (AvgIpc) is 2.33. The van der Waals surface area contributed by atoms with Crippen LogP contribution in [0, 0.1) is 16.0 Å². The quantitative estimate of drug-likeness (QED) is 0.595. The summed E-state index contributed by atoms with van der Waals surface area (Å²) in [6, 6.07) is 6.51. The summed E-state index contributed by atoms with van der Waals surface area (Å²) in [7, 11) is 0. The first kappa shape index (κ1) is 11.8. The topological polar surface area (TPSA) is 60.2 Å². The maximum absolute atomic E-state index is 11.7. The van der Waals surface area contributed by atoms with Gasteiger partial charge in [-0.1, -0.05) is 18.6 Å². The molecule has 0 bridgehead atoms. The van der Waals surface area contributed by atoms with Crippen LogP contribution < -0.4 is 0 Å². The van der Waals surface area contributed by atoms with Crippen molar-refractivity contribution in [3.63, 3.8) is 0 Å². The molecule has 0 aliphatic heterocycles. The number of benzene rings is 1. The second-order valence-corrected chi connectivity index (χ2v) is 4.54. The van der Waals surface area contributed by atoms with Gasteiger partial charge in [0.25, 0.3) is 5.69 Å². The molecule has 17 heavy (non-hydrogen) atoms. The minimum Gasteiger partial charge on any atom is -0.299 e. The highest BCUT2D eigenvalue weighted by Gasteiger charge is 2.22. The SMILES string of the molecule is O=C1CCCC[C@H]1Cc1ccc([N+](=O)[O-])cc1. The Hall–Kier alpha value is -1.71. The molecule has 0 amide bonds. The van der Waals surface area contributed by atoms with Gasteiger partial charge < -0.3 is 0 Å². The van der Waals surface area contributed by atoms with Crippen molar-refractivity contribution in [2.24, 2.45) is 5.92 Å². The number of nitrogens with zero attached hydrogens (tertiary/aromatic N) is 1. The van der Waals surface area contributed by atoms with Crippen molar-refractivity contribution in [1.82, 2.24) is 0 Å². The van der Waals surface area contributed by atoms with Crippen molar-refractivity contribution in [1.29, 1.82) is 0 Å². The molecular formula is C13H15NO3. The molecule has 0 unspecified atom stereocenters. The zero-order valence-electron chi connectivity index (χ0n) is 9.59. The van der Waals surface area contributed by atoms with Gasteiger partial charge in [0, 0.05) is 24.5 Å². The molecule has 0 N–H and O–H groups in total. The van der Waals surface area contributed by atoms with E-state index in [1.807, 2.05) is 0 Å². The number of hydrogen-bond donors (Lipinski definition) is 0. The fourth-order valence-corrected chi connectivity index (χ4v) is 2.31. The number of Topliss-reactive ketones (excluding diaryl/α,β-unsaturated/α-hetero) is 1. The highest BCUT2D eigenvalue weighted by atomic mass is 16.6. The molecule has 4 nitrogen and oxygen atoms in total. The first-order chi connectivity index (χ1) is 8.16. The van der Waals surface area contributed by atoms with Crippen LogP contribution in [0.15, 0.2) is 24.3 Å². The predicted molar refractivity (Wildman–Crippen MR) is 63.8 cm³/mol. The molecule has 90 valence electrons. The fraction of sp³-hybridized carbons (Fsp3) is 0.462. The molecular weight excluding hydrogens is 218 g/mol. The van der Waals surface area contributed by atoms with Crippen LogP contribution in [0.1, 0.15) is 31.2 Å². The van der Waals surface area contributed by atoms with E-state index >= 15 is 0 Å². The van der Waals surface area contributed by atoms with Gasteiger partial charge in [-0.25, -0.2) is 0 Å². The van der Waals surface area contributed by atoms with Crippen LogP contribution in [0.25, 0.3) is 0 Å². The molecule has 1 atom stereocenters. The Morgan fingerprint density at radius 3 is 2.53 bits per heavy atom. The van der Waals surface area contributed by atoms with E-state index in [4.69, 9.17) is 0 Å². The van der Waals surface area contributed by atoms with Gasteiger partial charge >= 0.3 is 0 Å². The Kier molecular flexibility index (Phi) is 3.52. The Morgan fingerprint density at radius 1 is 1.24 bits per heavy atom. The highest BCUT2D eigenvalue weighted by molar-refractivity contribution is 5.81. The largest absolute Gasteiger partial charge is 0.299 e. The molecule has 0 aromatic heterocycles. The molecule has 2 rings (SSSR count). The van der Waals surface area contributed by atoms with Gasteiger partial charge in [-0.15, -0.1) is 0 Å². The standard InChI is InChI=1S/C13H15NO3/c15-13-4-2-1-3-11(13)9-10-5-7-12(8-6-10)14(16)17/h5-8,11H,1-4,9H2/t11-/m0/s1. The third-order valence-corrected chi connectivity index (χ3v) is 3.31. The van der Waals surface area contributed by atoms with E-state index in [0.29, 0.717) is 12.2 Å². The van der Waals surface area contributed by atoms with Crippen molar-refractivity contribution in [2.45, 2.75) is 32.1 Å². The third kappa shape index (κ3) is 2.90. The van der Waals surface area contributed by atoms with Gasteiger partial charge in [0.15, 0.2) is 0 Å². The molecule has 1 aromatic carbocycles. The van der Waals surface area contributed by atoms with E-state index in [0.717, 1.165) is 31.2 Å². The lowest BCUT2D eigenvalue weighted by Crippen LogP contribution is -2.20. The molecule has 0 spiro atoms. The summed E-state index contributed by atoms with van der Waals surface area (Å²) in [5, 5.41) is 10.5. The number of carbonyl (C=O) groups excluding carboxylic acids is 1. The molecule has 0 saturated heterocycles. The number of rotatable bonds is 3. The van der Waals surface area contributed by atoms with Gasteiger partial charge in [0.1, 0.15) is 5.78 Å². The predicted octanol–water partition coefficient (Wildman–Crippen LogP) is 2.90. The fourth-order valence-electron chi connectivity index (χ4n) is 2.31. The summed E-state index contributed by atoms with van der Waals surface area (Å²) in [6.07, 6.45) is 4.49. The van der Waals surface area contributed by atoms with Crippen molar-refractivity contribution in [3.8, 4) is 0 Å². The lowest BCUT2D eigenvalue weighted by atomic mass is 9.84. The average molecular weight is 233 g/mol. The Morgan fingerprint density at radius 2 is 1.94 bits per heavy atom. The number of carbonyl (C=O) groups is 1. The minimum atomic E-state index is -0.407. The first-order valence-corrected chi connectivity index (χ1v) is 5.93. The third-order valence-electron chi connectivity index (χ3n) is 3.31. The lowest BCUT2D eigenvalue weighted by Gasteiger charge is -2.20. The van der Waals surface area contributed by atoms with Crippen LogP contribution in [-0.2, 0) is 11.2 Å². The zero-order valence-corrected chi connectivity index (χ0v) is 9.59. The van der Waals surface area contributed by atoms with E-state index in [1.54, 1.807) is 12.1 Å². The summed E-state index contributed by atoms with van der Waals surface area (Å²) < 4.78 is 0. The monoisotopic (exact) mass is 233 g/mol. The van der Waals surface area contributed by atoms with Crippen molar-refractivity contribution in [2.75, 3.05) is 0 Å². The molecule has 0 radical (unpaired) electrons. The Balaban J connectivity index is 2.03. The lowest BCUT2D eigenvalue weighted by molar-refractivity contribution is -0.384. The Bertz CT molecular complexity index is 425. The molecule has 1 aliphatic carbocycles. The van der Waals surface area contributed by atoms with Gasteiger partial charge in [0.05, 0.1) is 4.92 Å². The van der Waals surface area contributed by atoms with Crippen LogP contribution in [0.4, 0.5) is 5.69 Å². The summed E-state index contributed by atoms with van der Waals surface area (Å²) in [4.78, 5) is 21.8. The van der Waals surface area contributed by atoms with Crippen LogP contribution >= 0.6 is 0 Å². The van der Waals surface area contributed by atoms with E-state index in [9.17, 15) is 14.9 Å². The van der Waals surface area contributed by atoms with E-state index in [-0.39, 0.29) is 11.6 Å². The van der Waals surface area contributed by atoms with Crippen LogP contribution in [0.5, 0.6) is 0 Å². The number of nitro groups is 1. The summed E-state index contributed by atoms with van der Waals surface area (Å²) in [5.41, 5.74) is 1.11.